The van der Waals surface area contributed by atoms with Gasteiger partial charge in [-0.15, -0.1) is 0 Å². The Morgan fingerprint density at radius 3 is 2.53 bits per heavy atom. The van der Waals surface area contributed by atoms with Crippen molar-refractivity contribution in [2.45, 2.75) is 115 Å². The van der Waals surface area contributed by atoms with Gasteiger partial charge >= 0.3 is 6.09 Å². The molecule has 13 atom stereocenters. The van der Waals surface area contributed by atoms with Gasteiger partial charge in [0.15, 0.2) is 0 Å². The summed E-state index contributed by atoms with van der Waals surface area (Å²) in [4.78, 5) is 38.7. The molecule has 14 heteroatoms. The van der Waals surface area contributed by atoms with Gasteiger partial charge in [-0.05, 0) is 65.4 Å². The van der Waals surface area contributed by atoms with Crippen LogP contribution in [0.15, 0.2) is 123 Å². The molecule has 4 aliphatic carbocycles. The van der Waals surface area contributed by atoms with Crippen molar-refractivity contribution in [2.75, 3.05) is 34.5 Å². The predicted octanol–water partition coefficient (Wildman–Crippen LogP) is 5.75. The van der Waals surface area contributed by atoms with Crippen LogP contribution in [0.2, 0.25) is 0 Å². The van der Waals surface area contributed by atoms with Crippen molar-refractivity contribution in [3.05, 3.63) is 119 Å². The first-order chi connectivity index (χ1) is 31.9. The molecule has 1 fully saturated rings. The Balaban J connectivity index is 0.939. The molecule has 2 unspecified atom stereocenters. The summed E-state index contributed by atoms with van der Waals surface area (Å²) in [6.45, 7) is 14.2. The van der Waals surface area contributed by atoms with Crippen molar-refractivity contribution in [2.24, 2.45) is 39.6 Å². The largest absolute Gasteiger partial charge is 0.453 e. The number of nitrogens with one attached hydrogen (secondary N) is 5. The highest BCUT2D eigenvalue weighted by atomic mass is 16.6. The van der Waals surface area contributed by atoms with Crippen LogP contribution < -0.4 is 26.6 Å². The van der Waals surface area contributed by atoms with Crippen LogP contribution in [0.5, 0.6) is 0 Å². The number of hydrogen-bond acceptors (Lipinski definition) is 12. The average Bonchev–Trinajstić information content (AvgIpc) is 4.09. The van der Waals surface area contributed by atoms with Crippen LogP contribution in [-0.4, -0.2) is 117 Å². The highest BCUT2D eigenvalue weighted by molar-refractivity contribution is 5.95. The van der Waals surface area contributed by atoms with Crippen molar-refractivity contribution >= 4 is 23.7 Å². The Hall–Kier alpha value is -5.28. The number of aliphatic imine (C=N–C) groups is 2. The van der Waals surface area contributed by atoms with Crippen molar-refractivity contribution in [3.8, 4) is 0 Å². The molecule has 0 bridgehead atoms. The first-order valence-electron chi connectivity index (χ1n) is 23.9. The quantitative estimate of drug-likeness (QED) is 0.0998. The van der Waals surface area contributed by atoms with Crippen molar-refractivity contribution in [1.82, 2.24) is 31.5 Å². The van der Waals surface area contributed by atoms with Gasteiger partial charge in [0.1, 0.15) is 23.8 Å². The van der Waals surface area contributed by atoms with E-state index in [0.717, 1.165) is 61.6 Å². The number of allylic oxidation sites excluding steroid dienone is 7. The van der Waals surface area contributed by atoms with Crippen LogP contribution in [0.4, 0.5) is 4.79 Å². The maximum Gasteiger partial charge on any atom is 0.407 e. The number of amidine groups is 2. The minimum absolute atomic E-state index is 0.0228. The summed E-state index contributed by atoms with van der Waals surface area (Å²) in [5.74, 6) is 2.55. The number of fused-ring (bicyclic) bond motifs is 5. The zero-order valence-electron chi connectivity index (χ0n) is 39.6. The number of aliphatic hydroxyl groups is 1. The van der Waals surface area contributed by atoms with E-state index in [9.17, 15) is 14.7 Å². The van der Waals surface area contributed by atoms with Gasteiger partial charge in [0.25, 0.3) is 0 Å². The Morgan fingerprint density at radius 1 is 1.00 bits per heavy atom. The van der Waals surface area contributed by atoms with E-state index in [1.54, 1.807) is 7.11 Å². The number of amides is 2. The van der Waals surface area contributed by atoms with E-state index in [4.69, 9.17) is 24.2 Å². The Morgan fingerprint density at radius 2 is 1.80 bits per heavy atom. The zero-order valence-corrected chi connectivity index (χ0v) is 39.6. The molecule has 8 rings (SSSR count). The first-order valence-corrected chi connectivity index (χ1v) is 23.9. The standard InChI is InChI=1S/C52H70N8O6/c1-9-30(4)23-42(55-50(61)44(29(2)3)58-51(62)65-7)48-53-40-21-17-36-25-34(15-19-38(36)46(40)56-48)35-16-20-39-37(26-35)18-22-41-47(39)57-49(54-41)43-24-32(28-64-6)27-60(43)31(5)45(59-52(63)66-8)33-13-11-10-12-14-33/h10-18,20-22,25,29-30,32,35,38,40-47,52,59,63H,5,9,19,23-24,26-28H2,1-4,6-8H3,(H,53,56)(H,54,57)(H,55,61)(H,58,62)/t30-,32-,35-,38+,40?,41?,42-,43-,44-,45-,46+,47+,52+/m0/s1. The van der Waals surface area contributed by atoms with Gasteiger partial charge in [-0.3, -0.25) is 20.1 Å². The molecule has 1 aromatic rings. The molecule has 1 aromatic carbocycles. The summed E-state index contributed by atoms with van der Waals surface area (Å²) in [5.41, 5.74) is 7.07. The van der Waals surface area contributed by atoms with Crippen molar-refractivity contribution in [3.63, 3.8) is 0 Å². The SMILES string of the molecule is C=C([C@H](N[C@H](O)OC)c1ccccc1)N1C[C@@H](COC)C[C@H]1C1=N[C@@H]2C3=C(C=CC2N1)C[C@@H](C1=CC[C@@H]2C(=C1)C=CC1N=C([C@H](C[C@@H](C)CC)NC(=O)[C@@H](NC(=O)OC)C(C)C)N[C@@H]12)C=C3. The summed E-state index contributed by atoms with van der Waals surface area (Å²) in [5, 5.41) is 27.3. The molecule has 3 heterocycles. The molecule has 0 spiro atoms. The summed E-state index contributed by atoms with van der Waals surface area (Å²) < 4.78 is 15.7. The average molecular weight is 903 g/mol. The second kappa shape index (κ2) is 20.7. The van der Waals surface area contributed by atoms with E-state index in [-0.39, 0.29) is 71.9 Å². The molecular weight excluding hydrogens is 833 g/mol. The second-order valence-electron chi connectivity index (χ2n) is 19.3. The topological polar surface area (TPSA) is 170 Å². The lowest BCUT2D eigenvalue weighted by Gasteiger charge is -2.35. The number of nitrogens with zero attached hydrogens (tertiary/aromatic N) is 3. The molecule has 0 radical (unpaired) electrons. The Bertz CT molecular complexity index is 2230. The minimum atomic E-state index is -1.16. The van der Waals surface area contributed by atoms with E-state index in [2.05, 4.69) is 101 Å². The minimum Gasteiger partial charge on any atom is -0.453 e. The van der Waals surface area contributed by atoms with Gasteiger partial charge in [0.2, 0.25) is 12.3 Å². The number of carbonyl (C=O) groups excluding carboxylic acids is 2. The van der Waals surface area contributed by atoms with Gasteiger partial charge in [-0.25, -0.2) is 4.79 Å². The molecule has 354 valence electrons. The molecule has 3 aliphatic heterocycles. The van der Waals surface area contributed by atoms with Crippen LogP contribution in [0.3, 0.4) is 0 Å². The first kappa shape index (κ1) is 47.2. The number of benzene rings is 1. The summed E-state index contributed by atoms with van der Waals surface area (Å²) >= 11 is 0. The second-order valence-corrected chi connectivity index (χ2v) is 19.3. The number of aliphatic hydroxyl groups excluding tert-OH is 1. The third kappa shape index (κ3) is 10.0. The molecular formula is C52H70N8O6. The maximum atomic E-state index is 13.6. The van der Waals surface area contributed by atoms with Crippen LogP contribution in [0.1, 0.15) is 71.4 Å². The highest BCUT2D eigenvalue weighted by Gasteiger charge is 2.45. The number of alkyl carbamates (subject to hydrolysis) is 1. The van der Waals surface area contributed by atoms with Gasteiger partial charge in [0, 0.05) is 44.2 Å². The molecule has 6 N–H and O–H groups in total. The van der Waals surface area contributed by atoms with Gasteiger partial charge in [-0.2, -0.15) is 0 Å². The number of methoxy groups -OCH3 is 3. The van der Waals surface area contributed by atoms with Crippen molar-refractivity contribution in [1.29, 1.82) is 0 Å². The normalized spacial score (nSPS) is 29.4. The van der Waals surface area contributed by atoms with E-state index in [0.29, 0.717) is 12.5 Å². The number of rotatable bonds is 18. The van der Waals surface area contributed by atoms with Crippen LogP contribution in [-0.2, 0) is 19.0 Å². The molecule has 1 saturated heterocycles. The lowest BCUT2D eigenvalue weighted by atomic mass is 9.73. The Kier molecular flexibility index (Phi) is 14.8. The zero-order chi connectivity index (χ0) is 46.6. The molecule has 66 heavy (non-hydrogen) atoms. The van der Waals surface area contributed by atoms with Crippen LogP contribution >= 0.6 is 0 Å². The van der Waals surface area contributed by atoms with E-state index in [1.807, 2.05) is 44.2 Å². The lowest BCUT2D eigenvalue weighted by molar-refractivity contribution is -0.124. The third-order valence-electron chi connectivity index (χ3n) is 14.6. The number of carbonyl (C=O) groups is 2. The number of likely N-dealkylation sites (tertiary alicyclic amines) is 1. The van der Waals surface area contributed by atoms with E-state index >= 15 is 0 Å². The van der Waals surface area contributed by atoms with Gasteiger partial charge < -0.3 is 45.5 Å². The number of ether oxygens (including phenoxy) is 3. The highest BCUT2D eigenvalue weighted by Crippen LogP contribution is 2.43. The summed E-state index contributed by atoms with van der Waals surface area (Å²) in [6, 6.07) is 8.69. The fourth-order valence-corrected chi connectivity index (χ4v) is 10.8. The lowest BCUT2D eigenvalue weighted by Crippen LogP contribution is -2.56. The summed E-state index contributed by atoms with van der Waals surface area (Å²) in [7, 11) is 4.53. The van der Waals surface area contributed by atoms with Crippen LogP contribution in [0.25, 0.3) is 0 Å². The number of hydrogen-bond donors (Lipinski definition) is 6. The monoisotopic (exact) mass is 903 g/mol. The van der Waals surface area contributed by atoms with Crippen molar-refractivity contribution < 1.29 is 28.9 Å². The Labute approximate surface area is 390 Å². The molecule has 14 nitrogen and oxygen atoms in total. The summed E-state index contributed by atoms with van der Waals surface area (Å²) in [6.07, 6.45) is 21.1. The third-order valence-corrected chi connectivity index (χ3v) is 14.6. The van der Waals surface area contributed by atoms with Crippen LogP contribution in [0, 0.1) is 29.6 Å². The van der Waals surface area contributed by atoms with Gasteiger partial charge in [-0.1, -0.05) is 120 Å². The molecule has 0 aromatic heterocycles. The molecule has 2 amide bonds. The predicted molar refractivity (Wildman–Crippen MR) is 258 cm³/mol. The molecule has 0 saturated carbocycles. The fraction of sp³-hybridized carbons (Fsp3) is 0.538. The maximum absolute atomic E-state index is 13.6. The molecule has 7 aliphatic rings. The fourth-order valence-electron chi connectivity index (χ4n) is 10.8. The van der Waals surface area contributed by atoms with E-state index < -0.39 is 18.5 Å². The smallest absolute Gasteiger partial charge is 0.407 e. The van der Waals surface area contributed by atoms with E-state index in [1.165, 1.54) is 36.5 Å². The van der Waals surface area contributed by atoms with Gasteiger partial charge in [0.05, 0.1) is 50.0 Å².